The monoisotopic (exact) mass is 399 g/mol. The van der Waals surface area contributed by atoms with Crippen LogP contribution in [-0.4, -0.2) is 35.3 Å². The Balaban J connectivity index is 1.67. The van der Waals surface area contributed by atoms with Crippen LogP contribution >= 0.6 is 11.8 Å². The fourth-order valence-electron chi connectivity index (χ4n) is 3.79. The minimum absolute atomic E-state index is 0.680. The van der Waals surface area contributed by atoms with Crippen molar-refractivity contribution in [2.45, 2.75) is 24.3 Å². The molecular weight excluding hydrogens is 374 g/mol. The average Bonchev–Trinajstić information content (AvgIpc) is 2.80. The number of piperidine rings is 1. The molecule has 0 spiro atoms. The van der Waals surface area contributed by atoms with Gasteiger partial charge in [0.2, 0.25) is 0 Å². The van der Waals surface area contributed by atoms with Crippen molar-refractivity contribution in [1.29, 1.82) is 5.26 Å². The lowest BCUT2D eigenvalue weighted by molar-refractivity contribution is 0.242. The van der Waals surface area contributed by atoms with Gasteiger partial charge in [0.05, 0.1) is 11.3 Å². The largest absolute Gasteiger partial charge is 0.303 e. The molecule has 0 N–H and O–H groups in total. The number of benzene rings is 2. The molecule has 2 aromatic carbocycles. The summed E-state index contributed by atoms with van der Waals surface area (Å²) in [5, 5.41) is 10.8. The number of nitrogens with zero attached hydrogens (tertiary/aromatic N) is 3. The smallest absolute Gasteiger partial charge is 0.115 e. The molecule has 0 aliphatic carbocycles. The molecule has 1 aromatic heterocycles. The van der Waals surface area contributed by atoms with E-state index in [9.17, 15) is 5.26 Å². The predicted octanol–water partition coefficient (Wildman–Crippen LogP) is 5.87. The normalized spacial score (nSPS) is 14.4. The molecule has 3 nitrogen and oxygen atoms in total. The zero-order valence-corrected chi connectivity index (χ0v) is 17.4. The second-order valence-electron chi connectivity index (χ2n) is 7.33. The Morgan fingerprint density at radius 2 is 1.55 bits per heavy atom. The molecule has 4 rings (SSSR count). The van der Waals surface area contributed by atoms with Gasteiger partial charge < -0.3 is 4.90 Å². The number of nitriles is 1. The van der Waals surface area contributed by atoms with Crippen molar-refractivity contribution in [2.24, 2.45) is 0 Å². The molecule has 0 radical (unpaired) electrons. The predicted molar refractivity (Wildman–Crippen MR) is 121 cm³/mol. The van der Waals surface area contributed by atoms with Crippen LogP contribution in [0.3, 0.4) is 0 Å². The molecule has 0 bridgehead atoms. The maximum Gasteiger partial charge on any atom is 0.115 e. The van der Waals surface area contributed by atoms with Gasteiger partial charge in [-0.05, 0) is 37.6 Å². The lowest BCUT2D eigenvalue weighted by Gasteiger charge is -2.26. The zero-order valence-electron chi connectivity index (χ0n) is 16.6. The molecule has 3 aromatic rings. The maximum atomic E-state index is 9.96. The van der Waals surface area contributed by atoms with Crippen molar-refractivity contribution in [3.8, 4) is 28.5 Å². The van der Waals surface area contributed by atoms with Crippen LogP contribution < -0.4 is 0 Å². The van der Waals surface area contributed by atoms with Gasteiger partial charge in [-0.15, -0.1) is 11.8 Å². The van der Waals surface area contributed by atoms with Crippen molar-refractivity contribution in [3.63, 3.8) is 0 Å². The van der Waals surface area contributed by atoms with Crippen molar-refractivity contribution in [1.82, 2.24) is 9.88 Å². The van der Waals surface area contributed by atoms with Crippen LogP contribution in [0.2, 0.25) is 0 Å². The highest BCUT2D eigenvalue weighted by Crippen LogP contribution is 2.34. The number of hydrogen-bond acceptors (Lipinski definition) is 4. The van der Waals surface area contributed by atoms with E-state index in [1.807, 2.05) is 36.4 Å². The lowest BCUT2D eigenvalue weighted by Crippen LogP contribution is -2.31. The Labute approximate surface area is 177 Å². The summed E-state index contributed by atoms with van der Waals surface area (Å²) in [6, 6.07) is 24.9. The third-order valence-corrected chi connectivity index (χ3v) is 6.30. The summed E-state index contributed by atoms with van der Waals surface area (Å²) in [7, 11) is 0. The molecule has 0 unspecified atom stereocenters. The molecule has 0 saturated carbocycles. The van der Waals surface area contributed by atoms with Crippen LogP contribution in [0.5, 0.6) is 0 Å². The lowest BCUT2D eigenvalue weighted by atomic mass is 9.99. The Morgan fingerprint density at radius 1 is 0.897 bits per heavy atom. The van der Waals surface area contributed by atoms with E-state index in [1.54, 1.807) is 11.8 Å². The molecule has 1 saturated heterocycles. The number of thioether (sulfide) groups is 1. The first kappa shape index (κ1) is 19.7. The maximum absolute atomic E-state index is 9.96. The number of likely N-dealkylation sites (tertiary alicyclic amines) is 1. The van der Waals surface area contributed by atoms with Gasteiger partial charge in [-0.2, -0.15) is 5.26 Å². The topological polar surface area (TPSA) is 39.9 Å². The molecule has 4 heteroatoms. The minimum atomic E-state index is 0.680. The third-order valence-electron chi connectivity index (χ3n) is 5.35. The van der Waals surface area contributed by atoms with Gasteiger partial charge in [0.25, 0.3) is 0 Å². The first-order valence-electron chi connectivity index (χ1n) is 10.3. The van der Waals surface area contributed by atoms with Gasteiger partial charge in [0.1, 0.15) is 11.1 Å². The van der Waals surface area contributed by atoms with E-state index >= 15 is 0 Å². The minimum Gasteiger partial charge on any atom is -0.303 e. The Kier molecular flexibility index (Phi) is 6.61. The first-order chi connectivity index (χ1) is 14.3. The Bertz CT molecular complexity index is 974. The van der Waals surface area contributed by atoms with Crippen molar-refractivity contribution in [3.05, 3.63) is 72.3 Å². The SMILES string of the molecule is N#Cc1c(-c2ccccc2)cc(-c2ccccc2)nc1SCCN1CCCCC1. The molecule has 0 atom stereocenters. The van der Waals surface area contributed by atoms with E-state index in [4.69, 9.17) is 4.98 Å². The van der Waals surface area contributed by atoms with Gasteiger partial charge in [-0.1, -0.05) is 67.1 Å². The zero-order chi connectivity index (χ0) is 19.9. The van der Waals surface area contributed by atoms with Gasteiger partial charge in [0.15, 0.2) is 0 Å². The molecule has 146 valence electrons. The quantitative estimate of drug-likeness (QED) is 0.486. The third kappa shape index (κ3) is 4.87. The van der Waals surface area contributed by atoms with Gasteiger partial charge >= 0.3 is 0 Å². The summed E-state index contributed by atoms with van der Waals surface area (Å²) in [5.41, 5.74) is 4.69. The van der Waals surface area contributed by atoms with Crippen LogP contribution in [-0.2, 0) is 0 Å². The van der Waals surface area contributed by atoms with Crippen LogP contribution in [0.15, 0.2) is 71.8 Å². The average molecular weight is 400 g/mol. The Hall–Kier alpha value is -2.61. The number of rotatable bonds is 6. The van der Waals surface area contributed by atoms with Gasteiger partial charge in [0, 0.05) is 23.4 Å². The molecule has 1 aliphatic heterocycles. The molecular formula is C25H25N3S. The second-order valence-corrected chi connectivity index (χ2v) is 8.41. The summed E-state index contributed by atoms with van der Waals surface area (Å²) in [4.78, 5) is 7.43. The molecule has 29 heavy (non-hydrogen) atoms. The van der Waals surface area contributed by atoms with Crippen LogP contribution in [0, 0.1) is 11.3 Å². The van der Waals surface area contributed by atoms with E-state index in [2.05, 4.69) is 41.3 Å². The second kappa shape index (κ2) is 9.73. The highest BCUT2D eigenvalue weighted by molar-refractivity contribution is 7.99. The molecule has 1 aliphatic rings. The molecule has 2 heterocycles. The van der Waals surface area contributed by atoms with Crippen molar-refractivity contribution >= 4 is 11.8 Å². The van der Waals surface area contributed by atoms with E-state index in [0.717, 1.165) is 39.7 Å². The van der Waals surface area contributed by atoms with Crippen molar-refractivity contribution < 1.29 is 0 Å². The van der Waals surface area contributed by atoms with Crippen molar-refractivity contribution in [2.75, 3.05) is 25.4 Å². The number of hydrogen-bond donors (Lipinski definition) is 0. The van der Waals surface area contributed by atoms with Crippen LogP contribution in [0.1, 0.15) is 24.8 Å². The summed E-state index contributed by atoms with van der Waals surface area (Å²) < 4.78 is 0. The van der Waals surface area contributed by atoms with Gasteiger partial charge in [-0.3, -0.25) is 0 Å². The Morgan fingerprint density at radius 3 is 2.21 bits per heavy atom. The van der Waals surface area contributed by atoms with E-state index < -0.39 is 0 Å². The van der Waals surface area contributed by atoms with E-state index in [0.29, 0.717) is 5.56 Å². The molecule has 0 amide bonds. The van der Waals surface area contributed by atoms with E-state index in [1.165, 1.54) is 32.4 Å². The first-order valence-corrected chi connectivity index (χ1v) is 11.2. The fraction of sp³-hybridized carbons (Fsp3) is 0.280. The van der Waals surface area contributed by atoms with E-state index in [-0.39, 0.29) is 0 Å². The molecule has 1 fully saturated rings. The van der Waals surface area contributed by atoms with Crippen LogP contribution in [0.25, 0.3) is 22.4 Å². The summed E-state index contributed by atoms with van der Waals surface area (Å²) >= 11 is 1.71. The van der Waals surface area contributed by atoms with Crippen LogP contribution in [0.4, 0.5) is 0 Å². The highest BCUT2D eigenvalue weighted by atomic mass is 32.2. The summed E-state index contributed by atoms with van der Waals surface area (Å²) in [6.45, 7) is 3.43. The number of pyridine rings is 1. The van der Waals surface area contributed by atoms with Gasteiger partial charge in [-0.25, -0.2) is 4.98 Å². The highest BCUT2D eigenvalue weighted by Gasteiger charge is 2.16. The summed E-state index contributed by atoms with van der Waals surface area (Å²) in [6.07, 6.45) is 3.95. The fourth-order valence-corrected chi connectivity index (χ4v) is 4.80. The number of aromatic nitrogens is 1. The summed E-state index contributed by atoms with van der Waals surface area (Å²) in [5.74, 6) is 0.953. The standard InChI is InChI=1S/C25H25N3S/c26-19-23-22(20-10-4-1-5-11-20)18-24(21-12-6-2-7-13-21)27-25(23)29-17-16-28-14-8-3-9-15-28/h1-2,4-7,10-13,18H,3,8-9,14-17H2.